The van der Waals surface area contributed by atoms with Crippen LogP contribution in [0.2, 0.25) is 5.02 Å². The van der Waals surface area contributed by atoms with Crippen molar-refractivity contribution in [1.29, 1.82) is 0 Å². The SMILES string of the molecule is O=C1Nc2cc(Cl)ccc2OC12CCCC2. The molecule has 0 unspecified atom stereocenters. The average Bonchev–Trinajstić information content (AvgIpc) is 2.70. The van der Waals surface area contributed by atoms with Gasteiger partial charge >= 0.3 is 0 Å². The lowest BCUT2D eigenvalue weighted by atomic mass is 9.99. The third kappa shape index (κ3) is 1.39. The monoisotopic (exact) mass is 237 g/mol. The van der Waals surface area contributed by atoms with E-state index in [1.54, 1.807) is 12.1 Å². The highest BCUT2D eigenvalue weighted by Gasteiger charge is 2.46. The summed E-state index contributed by atoms with van der Waals surface area (Å²) in [4.78, 5) is 12.0. The lowest BCUT2D eigenvalue weighted by Gasteiger charge is -2.34. The molecule has 1 aromatic carbocycles. The van der Waals surface area contributed by atoms with Gasteiger partial charge in [-0.2, -0.15) is 0 Å². The zero-order valence-corrected chi connectivity index (χ0v) is 9.51. The van der Waals surface area contributed by atoms with E-state index in [9.17, 15) is 4.79 Å². The zero-order valence-electron chi connectivity index (χ0n) is 8.75. The minimum atomic E-state index is -0.624. The molecule has 1 spiro atoms. The van der Waals surface area contributed by atoms with Crippen LogP contribution in [0.25, 0.3) is 0 Å². The van der Waals surface area contributed by atoms with E-state index in [0.29, 0.717) is 10.7 Å². The molecular weight excluding hydrogens is 226 g/mol. The Morgan fingerprint density at radius 2 is 2.06 bits per heavy atom. The summed E-state index contributed by atoms with van der Waals surface area (Å²) in [6.07, 6.45) is 3.72. The van der Waals surface area contributed by atoms with E-state index in [1.807, 2.05) is 6.07 Å². The van der Waals surface area contributed by atoms with Crippen LogP contribution in [0.1, 0.15) is 25.7 Å². The third-order valence-electron chi connectivity index (χ3n) is 3.32. The molecule has 0 radical (unpaired) electrons. The third-order valence-corrected chi connectivity index (χ3v) is 3.56. The van der Waals surface area contributed by atoms with Crippen LogP contribution in [-0.4, -0.2) is 11.5 Å². The van der Waals surface area contributed by atoms with Crippen molar-refractivity contribution in [2.45, 2.75) is 31.3 Å². The van der Waals surface area contributed by atoms with E-state index in [2.05, 4.69) is 5.32 Å². The predicted molar refractivity (Wildman–Crippen MR) is 61.9 cm³/mol. The van der Waals surface area contributed by atoms with E-state index < -0.39 is 5.60 Å². The maximum Gasteiger partial charge on any atom is 0.268 e. The summed E-state index contributed by atoms with van der Waals surface area (Å²) in [5, 5.41) is 3.49. The molecule has 1 aromatic rings. The van der Waals surface area contributed by atoms with E-state index >= 15 is 0 Å². The number of nitrogens with one attached hydrogen (secondary N) is 1. The molecule has 2 aliphatic rings. The van der Waals surface area contributed by atoms with Crippen LogP contribution >= 0.6 is 11.6 Å². The molecule has 3 nitrogen and oxygen atoms in total. The van der Waals surface area contributed by atoms with Gasteiger partial charge in [-0.25, -0.2) is 0 Å². The first-order valence-corrected chi connectivity index (χ1v) is 5.87. The minimum absolute atomic E-state index is 0.0280. The highest BCUT2D eigenvalue weighted by Crippen LogP contribution is 2.42. The second-order valence-corrected chi connectivity index (χ2v) is 4.83. The number of halogens is 1. The van der Waals surface area contributed by atoms with Crippen LogP contribution in [0.5, 0.6) is 5.75 Å². The van der Waals surface area contributed by atoms with Crippen LogP contribution in [0, 0.1) is 0 Å². The Bertz CT molecular complexity index is 452. The van der Waals surface area contributed by atoms with Gasteiger partial charge in [-0.1, -0.05) is 11.6 Å². The van der Waals surface area contributed by atoms with Crippen molar-refractivity contribution in [3.63, 3.8) is 0 Å². The van der Waals surface area contributed by atoms with Gasteiger partial charge < -0.3 is 10.1 Å². The lowest BCUT2D eigenvalue weighted by molar-refractivity contribution is -0.131. The second kappa shape index (κ2) is 3.39. The van der Waals surface area contributed by atoms with Crippen LogP contribution in [0.4, 0.5) is 5.69 Å². The average molecular weight is 238 g/mol. The molecule has 1 amide bonds. The van der Waals surface area contributed by atoms with Gasteiger partial charge in [0.15, 0.2) is 5.60 Å². The fourth-order valence-electron chi connectivity index (χ4n) is 2.46. The first-order chi connectivity index (χ1) is 7.70. The summed E-state index contributed by atoms with van der Waals surface area (Å²) in [5.74, 6) is 0.700. The Hall–Kier alpha value is -1.22. The maximum absolute atomic E-state index is 12.0. The first kappa shape index (κ1) is 9.97. The predicted octanol–water partition coefficient (Wildman–Crippen LogP) is 2.98. The second-order valence-electron chi connectivity index (χ2n) is 4.40. The fourth-order valence-corrected chi connectivity index (χ4v) is 2.63. The number of hydrogen-bond acceptors (Lipinski definition) is 2. The van der Waals surface area contributed by atoms with Crippen LogP contribution < -0.4 is 10.1 Å². The van der Waals surface area contributed by atoms with Crippen molar-refractivity contribution in [3.8, 4) is 5.75 Å². The van der Waals surface area contributed by atoms with Gasteiger partial charge in [-0.05, 0) is 43.9 Å². The van der Waals surface area contributed by atoms with Crippen molar-refractivity contribution >= 4 is 23.2 Å². The normalized spacial score (nSPS) is 21.4. The largest absolute Gasteiger partial charge is 0.475 e. The summed E-state index contributed by atoms with van der Waals surface area (Å²) < 4.78 is 5.88. The summed E-state index contributed by atoms with van der Waals surface area (Å²) in [6, 6.07) is 5.31. The lowest BCUT2D eigenvalue weighted by Crippen LogP contribution is -2.48. The standard InChI is InChI=1S/C12H12ClNO2/c13-8-3-4-10-9(7-8)14-11(15)12(16-10)5-1-2-6-12/h3-4,7H,1-2,5-6H2,(H,14,15). The van der Waals surface area contributed by atoms with E-state index in [-0.39, 0.29) is 5.91 Å². The van der Waals surface area contributed by atoms with Crippen molar-refractivity contribution in [3.05, 3.63) is 23.2 Å². The quantitative estimate of drug-likeness (QED) is 0.753. The Labute approximate surface area is 98.7 Å². The molecule has 3 rings (SSSR count). The first-order valence-electron chi connectivity index (χ1n) is 5.50. The van der Waals surface area contributed by atoms with Gasteiger partial charge in [0, 0.05) is 5.02 Å². The zero-order chi connectivity index (χ0) is 11.2. The van der Waals surface area contributed by atoms with Gasteiger partial charge in [0.25, 0.3) is 5.91 Å². The van der Waals surface area contributed by atoms with Gasteiger partial charge in [0.1, 0.15) is 5.75 Å². The van der Waals surface area contributed by atoms with Crippen LogP contribution in [-0.2, 0) is 4.79 Å². The smallest absolute Gasteiger partial charge is 0.268 e. The number of rotatable bonds is 0. The van der Waals surface area contributed by atoms with E-state index in [1.165, 1.54) is 0 Å². The maximum atomic E-state index is 12.0. The fraction of sp³-hybridized carbons (Fsp3) is 0.417. The van der Waals surface area contributed by atoms with Gasteiger partial charge in [-0.15, -0.1) is 0 Å². The molecule has 0 bridgehead atoms. The molecule has 1 aliphatic heterocycles. The number of anilines is 1. The summed E-state index contributed by atoms with van der Waals surface area (Å²) >= 11 is 5.87. The molecule has 1 fully saturated rings. The minimum Gasteiger partial charge on any atom is -0.475 e. The molecule has 1 aliphatic carbocycles. The molecule has 1 heterocycles. The molecule has 0 atom stereocenters. The molecule has 0 saturated heterocycles. The number of ether oxygens (including phenoxy) is 1. The van der Waals surface area contributed by atoms with Crippen molar-refractivity contribution in [2.24, 2.45) is 0 Å². The topological polar surface area (TPSA) is 38.3 Å². The highest BCUT2D eigenvalue weighted by atomic mass is 35.5. The highest BCUT2D eigenvalue weighted by molar-refractivity contribution is 6.31. The van der Waals surface area contributed by atoms with Crippen molar-refractivity contribution in [2.75, 3.05) is 5.32 Å². The van der Waals surface area contributed by atoms with Gasteiger partial charge in [0.2, 0.25) is 0 Å². The number of carbonyl (C=O) groups excluding carboxylic acids is 1. The van der Waals surface area contributed by atoms with E-state index in [0.717, 1.165) is 31.4 Å². The number of fused-ring (bicyclic) bond motifs is 1. The van der Waals surface area contributed by atoms with E-state index in [4.69, 9.17) is 16.3 Å². The number of hydrogen-bond donors (Lipinski definition) is 1. The Morgan fingerprint density at radius 3 is 2.81 bits per heavy atom. The molecule has 16 heavy (non-hydrogen) atoms. The number of carbonyl (C=O) groups is 1. The number of benzene rings is 1. The Kier molecular flexibility index (Phi) is 2.11. The molecule has 84 valence electrons. The summed E-state index contributed by atoms with van der Waals surface area (Å²) in [6.45, 7) is 0. The van der Waals surface area contributed by atoms with Crippen molar-refractivity contribution < 1.29 is 9.53 Å². The van der Waals surface area contributed by atoms with Gasteiger partial charge in [0.05, 0.1) is 5.69 Å². The summed E-state index contributed by atoms with van der Waals surface area (Å²) in [5.41, 5.74) is 0.0518. The van der Waals surface area contributed by atoms with Crippen LogP contribution in [0.3, 0.4) is 0 Å². The van der Waals surface area contributed by atoms with Crippen LogP contribution in [0.15, 0.2) is 18.2 Å². The molecule has 1 N–H and O–H groups in total. The molecule has 0 aromatic heterocycles. The summed E-state index contributed by atoms with van der Waals surface area (Å²) in [7, 11) is 0. The Morgan fingerprint density at radius 1 is 1.31 bits per heavy atom. The molecule has 1 saturated carbocycles. The molecule has 4 heteroatoms. The van der Waals surface area contributed by atoms with Gasteiger partial charge in [-0.3, -0.25) is 4.79 Å². The van der Waals surface area contributed by atoms with Crippen molar-refractivity contribution in [1.82, 2.24) is 0 Å². The molecular formula is C12H12ClNO2. The number of amides is 1. The Balaban J connectivity index is 2.01.